The van der Waals surface area contributed by atoms with E-state index in [0.29, 0.717) is 36.1 Å². The molecule has 0 unspecified atom stereocenters. The van der Waals surface area contributed by atoms with Gasteiger partial charge in [-0.15, -0.1) is 0 Å². The summed E-state index contributed by atoms with van der Waals surface area (Å²) in [4.78, 5) is 44.8. The molecule has 1 saturated heterocycles. The number of carbonyl (C=O) groups excluding carboxylic acids is 2. The second-order valence-corrected chi connectivity index (χ2v) is 9.37. The molecule has 3 N–H and O–H groups in total. The number of imidazole rings is 1. The van der Waals surface area contributed by atoms with E-state index in [0.717, 1.165) is 43.0 Å². The second-order valence-electron chi connectivity index (χ2n) is 9.37. The highest BCUT2D eigenvalue weighted by Crippen LogP contribution is 2.34. The molecule has 0 radical (unpaired) electrons. The van der Waals surface area contributed by atoms with Gasteiger partial charge in [0.05, 0.1) is 11.2 Å². The molecule has 0 spiro atoms. The minimum Gasteiger partial charge on any atom is -0.340 e. The number of aromatic nitrogens is 4. The third-order valence-corrected chi connectivity index (χ3v) is 6.74. The Morgan fingerprint density at radius 3 is 2.52 bits per heavy atom. The molecule has 0 aliphatic carbocycles. The van der Waals surface area contributed by atoms with Crippen LogP contribution in [0.25, 0.3) is 33.4 Å². The zero-order valence-electron chi connectivity index (χ0n) is 22.0. The van der Waals surface area contributed by atoms with Crippen LogP contribution in [0.15, 0.2) is 48.8 Å². The average molecular weight is 547 g/mol. The summed E-state index contributed by atoms with van der Waals surface area (Å²) in [6.45, 7) is 7.99. The zero-order chi connectivity index (χ0) is 27.4. The number of fused-ring (bicyclic) bond motifs is 1. The first-order valence-electron chi connectivity index (χ1n) is 13.1. The van der Waals surface area contributed by atoms with Crippen molar-refractivity contribution >= 4 is 28.9 Å². The summed E-state index contributed by atoms with van der Waals surface area (Å²) in [7, 11) is 0. The van der Waals surface area contributed by atoms with E-state index in [1.807, 2.05) is 43.0 Å². The number of H-pyrrole nitrogens is 1. The summed E-state index contributed by atoms with van der Waals surface area (Å²) >= 11 is 0. The number of amides is 3. The molecule has 1 fully saturated rings. The number of anilines is 1. The van der Waals surface area contributed by atoms with Gasteiger partial charge in [0.25, 0.3) is 0 Å². The maximum atomic E-state index is 14.8. The van der Waals surface area contributed by atoms with Crippen LogP contribution in [0.5, 0.6) is 0 Å². The van der Waals surface area contributed by atoms with Crippen LogP contribution in [0.2, 0.25) is 0 Å². The Bertz CT molecular complexity index is 1480. The average Bonchev–Trinajstić information content (AvgIpc) is 3.35. The Morgan fingerprint density at radius 2 is 1.85 bits per heavy atom. The van der Waals surface area contributed by atoms with Crippen molar-refractivity contribution in [3.8, 4) is 22.4 Å². The molecule has 10 nitrogen and oxygen atoms in total. The number of benzene rings is 1. The lowest BCUT2D eigenvalue weighted by Gasteiger charge is -2.34. The molecular weight excluding hydrogens is 511 g/mol. The number of carbonyl (C=O) groups is 2. The van der Waals surface area contributed by atoms with Crippen molar-refractivity contribution in [2.24, 2.45) is 0 Å². The molecule has 210 valence electrons. The molecule has 1 aliphatic heterocycles. The minimum atomic E-state index is -0.466. The van der Waals surface area contributed by atoms with E-state index in [9.17, 15) is 14.0 Å². The topological polar surface area (TPSA) is 119 Å². The van der Waals surface area contributed by atoms with Crippen molar-refractivity contribution in [1.82, 2.24) is 35.1 Å². The fraction of sp³-hybridized carbons (Fsp3) is 0.345. The van der Waals surface area contributed by atoms with E-state index < -0.39 is 5.82 Å². The summed E-state index contributed by atoms with van der Waals surface area (Å²) in [6.07, 6.45) is 3.87. The Balaban J connectivity index is 0.00000370. The van der Waals surface area contributed by atoms with Crippen molar-refractivity contribution in [2.45, 2.75) is 34.2 Å². The normalized spacial score (nSPS) is 13.6. The van der Waals surface area contributed by atoms with Crippen LogP contribution in [-0.2, 0) is 11.3 Å². The van der Waals surface area contributed by atoms with Gasteiger partial charge in [-0.1, -0.05) is 20.4 Å². The summed E-state index contributed by atoms with van der Waals surface area (Å²) in [6, 6.07) is 10.2. The molecule has 0 bridgehead atoms. The van der Waals surface area contributed by atoms with E-state index >= 15 is 0 Å². The van der Waals surface area contributed by atoms with Gasteiger partial charge in [0, 0.05) is 69.2 Å². The third kappa shape index (κ3) is 6.26. The first-order chi connectivity index (χ1) is 18.9. The molecule has 1 aliphatic rings. The first kappa shape index (κ1) is 28.6. The van der Waals surface area contributed by atoms with Gasteiger partial charge in [0.2, 0.25) is 11.9 Å². The largest absolute Gasteiger partial charge is 0.340 e. The van der Waals surface area contributed by atoms with E-state index in [1.165, 1.54) is 18.3 Å². The zero-order valence-corrected chi connectivity index (χ0v) is 22.0. The van der Waals surface area contributed by atoms with E-state index in [2.05, 4.69) is 35.5 Å². The van der Waals surface area contributed by atoms with Gasteiger partial charge < -0.3 is 15.2 Å². The number of aromatic amines is 1. The summed E-state index contributed by atoms with van der Waals surface area (Å²) in [5.41, 5.74) is 4.39. The Kier molecular flexibility index (Phi) is 9.05. The van der Waals surface area contributed by atoms with Gasteiger partial charge in [-0.2, -0.15) is 0 Å². The van der Waals surface area contributed by atoms with Crippen molar-refractivity contribution < 1.29 is 14.0 Å². The number of nitrogens with one attached hydrogen (secondary N) is 3. The van der Waals surface area contributed by atoms with Crippen LogP contribution in [0.4, 0.5) is 15.1 Å². The van der Waals surface area contributed by atoms with Gasteiger partial charge >= 0.3 is 6.03 Å². The highest BCUT2D eigenvalue weighted by molar-refractivity contribution is 5.98. The number of halogens is 1. The number of nitrogens with zero attached hydrogens (tertiary/aromatic N) is 5. The van der Waals surface area contributed by atoms with Crippen molar-refractivity contribution in [1.29, 1.82) is 0 Å². The van der Waals surface area contributed by atoms with Gasteiger partial charge in [-0.25, -0.2) is 14.2 Å². The Labute approximate surface area is 233 Å². The fourth-order valence-electron chi connectivity index (χ4n) is 4.72. The summed E-state index contributed by atoms with van der Waals surface area (Å²) in [5, 5.41) is 5.34. The number of piperazine rings is 1. The van der Waals surface area contributed by atoms with Gasteiger partial charge in [-0.05, 0) is 42.8 Å². The first-order valence-corrected chi connectivity index (χ1v) is 13.1. The van der Waals surface area contributed by atoms with E-state index in [4.69, 9.17) is 0 Å². The Morgan fingerprint density at radius 1 is 1.05 bits per heavy atom. The van der Waals surface area contributed by atoms with Crippen molar-refractivity contribution in [3.63, 3.8) is 0 Å². The molecule has 3 aromatic heterocycles. The molecular formula is C29H35FN8O2. The second kappa shape index (κ2) is 12.6. The molecule has 3 amide bonds. The highest BCUT2D eigenvalue weighted by atomic mass is 19.1. The molecule has 4 heterocycles. The molecule has 5 rings (SSSR count). The lowest BCUT2D eigenvalue weighted by Crippen LogP contribution is -2.48. The monoisotopic (exact) mass is 546 g/mol. The lowest BCUT2D eigenvalue weighted by molar-refractivity contribution is -0.132. The number of hydrogen-bond acceptors (Lipinski definition) is 6. The van der Waals surface area contributed by atoms with Gasteiger partial charge in [0.1, 0.15) is 17.0 Å². The Hall–Kier alpha value is -4.38. The molecule has 0 saturated carbocycles. The molecule has 40 heavy (non-hydrogen) atoms. The third-order valence-electron chi connectivity index (χ3n) is 6.74. The smallest absolute Gasteiger partial charge is 0.321 e. The summed E-state index contributed by atoms with van der Waals surface area (Å²) < 4.78 is 14.8. The molecule has 0 atom stereocenters. The number of urea groups is 1. The van der Waals surface area contributed by atoms with Crippen molar-refractivity contribution in [3.05, 3.63) is 60.3 Å². The molecule has 1 aromatic carbocycles. The predicted molar refractivity (Wildman–Crippen MR) is 154 cm³/mol. The predicted octanol–water partition coefficient (Wildman–Crippen LogP) is 4.66. The quantitative estimate of drug-likeness (QED) is 0.310. The van der Waals surface area contributed by atoms with Crippen LogP contribution >= 0.6 is 0 Å². The fourth-order valence-corrected chi connectivity index (χ4v) is 4.72. The van der Waals surface area contributed by atoms with E-state index in [-0.39, 0.29) is 31.0 Å². The van der Waals surface area contributed by atoms with Gasteiger partial charge in [-0.3, -0.25) is 25.0 Å². The van der Waals surface area contributed by atoms with Crippen LogP contribution < -0.4 is 10.6 Å². The molecule has 4 aromatic rings. The maximum Gasteiger partial charge on any atom is 0.321 e. The number of rotatable bonds is 7. The number of pyridine rings is 2. The minimum absolute atomic E-state index is 0. The maximum absolute atomic E-state index is 14.8. The van der Waals surface area contributed by atoms with Crippen LogP contribution in [0, 0.1) is 5.82 Å². The van der Waals surface area contributed by atoms with E-state index in [1.54, 1.807) is 6.20 Å². The lowest BCUT2D eigenvalue weighted by atomic mass is 10.0. The summed E-state index contributed by atoms with van der Waals surface area (Å²) in [5.74, 6) is -0.0188. The molecule has 11 heteroatoms. The van der Waals surface area contributed by atoms with Crippen molar-refractivity contribution in [2.75, 3.05) is 38.0 Å². The SMILES string of the molecule is C.CCNC(=O)Nc1nc2c(-c3ncccc3F)cc(-c3ccc(CN4CCN(C(=O)CC)CC4)nc3)cc2[nH]1. The standard InChI is InChI=1S/C28H31FN8O2.CH4/c1-3-24(38)37-12-10-36(11-13-37)17-20-8-7-18(16-32-20)19-14-21(25-22(29)6-5-9-31-25)26-23(15-19)33-27(34-26)35-28(39)30-4-2;/h5-9,14-16H,3-4,10-13,17H2,1-2H3,(H3,30,33,34,35,39);1H4. The van der Waals surface area contributed by atoms with Gasteiger partial charge in [0.15, 0.2) is 0 Å². The number of hydrogen-bond donors (Lipinski definition) is 3. The van der Waals surface area contributed by atoms with Crippen LogP contribution in [-0.4, -0.2) is 74.4 Å². The highest BCUT2D eigenvalue weighted by Gasteiger charge is 2.21. The van der Waals surface area contributed by atoms with Crippen LogP contribution in [0.1, 0.15) is 33.4 Å². The van der Waals surface area contributed by atoms with Crippen LogP contribution in [0.3, 0.4) is 0 Å².